The molecule has 0 bridgehead atoms. The number of nitrogens with zero attached hydrogens (tertiary/aromatic N) is 5. The average molecular weight is 458 g/mol. The highest BCUT2D eigenvalue weighted by Crippen LogP contribution is 2.48. The van der Waals surface area contributed by atoms with Crippen LogP contribution >= 0.6 is 23.2 Å². The van der Waals surface area contributed by atoms with E-state index in [-0.39, 0.29) is 0 Å². The molecule has 0 radical (unpaired) electrons. The van der Waals surface area contributed by atoms with Gasteiger partial charge in [-0.3, -0.25) is 9.67 Å². The quantitative estimate of drug-likeness (QED) is 0.380. The van der Waals surface area contributed by atoms with Gasteiger partial charge in [0.05, 0.1) is 49.0 Å². The summed E-state index contributed by atoms with van der Waals surface area (Å²) in [6.07, 6.45) is 5.41. The standard InChI is InChI=1S/C22H21Cl2N5O2/c1-5-29(22-20(23)18(30-3)9-19(31-4)21(22)24)14-6-7-15-16(8-14)27-17(11-25-15)13-10-26-28(2)12-13/h6-12H,5H2,1-4H3. The molecule has 0 unspecified atom stereocenters. The number of anilines is 2. The molecule has 0 fully saturated rings. The van der Waals surface area contributed by atoms with Crippen LogP contribution in [0.15, 0.2) is 42.9 Å². The first-order valence-corrected chi connectivity index (χ1v) is 10.4. The summed E-state index contributed by atoms with van der Waals surface area (Å²) in [5, 5.41) is 5.03. The summed E-state index contributed by atoms with van der Waals surface area (Å²) in [4.78, 5) is 11.3. The number of rotatable bonds is 6. The summed E-state index contributed by atoms with van der Waals surface area (Å²) < 4.78 is 12.6. The molecule has 7 nitrogen and oxygen atoms in total. The monoisotopic (exact) mass is 457 g/mol. The normalized spacial score (nSPS) is 11.0. The summed E-state index contributed by atoms with van der Waals surface area (Å²) in [6.45, 7) is 2.62. The molecular weight excluding hydrogens is 437 g/mol. The fourth-order valence-electron chi connectivity index (χ4n) is 3.44. The number of hydrogen-bond donors (Lipinski definition) is 0. The van der Waals surface area contributed by atoms with E-state index < -0.39 is 0 Å². The van der Waals surface area contributed by atoms with Gasteiger partial charge in [0.2, 0.25) is 0 Å². The summed E-state index contributed by atoms with van der Waals surface area (Å²) in [6, 6.07) is 7.52. The van der Waals surface area contributed by atoms with Gasteiger partial charge in [0.1, 0.15) is 21.5 Å². The van der Waals surface area contributed by atoms with Gasteiger partial charge in [0.15, 0.2) is 0 Å². The Balaban J connectivity index is 1.85. The van der Waals surface area contributed by atoms with E-state index in [1.54, 1.807) is 37.4 Å². The van der Waals surface area contributed by atoms with E-state index in [2.05, 4.69) is 10.1 Å². The number of hydrogen-bond acceptors (Lipinski definition) is 6. The van der Waals surface area contributed by atoms with E-state index in [1.165, 1.54) is 0 Å². The predicted molar refractivity (Wildman–Crippen MR) is 124 cm³/mol. The van der Waals surface area contributed by atoms with Crippen molar-refractivity contribution in [1.29, 1.82) is 0 Å². The minimum absolute atomic E-state index is 0.408. The van der Waals surface area contributed by atoms with Crippen LogP contribution in [0.4, 0.5) is 11.4 Å². The molecular formula is C22H21Cl2N5O2. The lowest BCUT2D eigenvalue weighted by Gasteiger charge is -2.27. The number of methoxy groups -OCH3 is 2. The highest BCUT2D eigenvalue weighted by atomic mass is 35.5. The Morgan fingerprint density at radius 2 is 1.71 bits per heavy atom. The van der Waals surface area contributed by atoms with Gasteiger partial charge in [-0.2, -0.15) is 5.10 Å². The molecule has 0 N–H and O–H groups in total. The molecule has 31 heavy (non-hydrogen) atoms. The van der Waals surface area contributed by atoms with Crippen molar-refractivity contribution in [2.45, 2.75) is 6.92 Å². The maximum atomic E-state index is 6.65. The molecule has 4 aromatic rings. The van der Waals surface area contributed by atoms with Gasteiger partial charge < -0.3 is 14.4 Å². The van der Waals surface area contributed by atoms with E-state index in [1.807, 2.05) is 43.3 Å². The molecule has 160 valence electrons. The highest BCUT2D eigenvalue weighted by molar-refractivity contribution is 6.41. The van der Waals surface area contributed by atoms with E-state index in [0.717, 1.165) is 28.0 Å². The Morgan fingerprint density at radius 1 is 1.00 bits per heavy atom. The van der Waals surface area contributed by atoms with Crippen LogP contribution in [0.2, 0.25) is 10.0 Å². The molecule has 0 aliphatic heterocycles. The van der Waals surface area contributed by atoms with Crippen molar-refractivity contribution in [3.05, 3.63) is 52.9 Å². The van der Waals surface area contributed by atoms with Gasteiger partial charge in [0, 0.05) is 37.1 Å². The first kappa shape index (κ1) is 21.2. The van der Waals surface area contributed by atoms with Crippen LogP contribution in [0.3, 0.4) is 0 Å². The SMILES string of the molecule is CCN(c1ccc2ncc(-c3cnn(C)c3)nc2c1)c1c(Cl)c(OC)cc(OC)c1Cl. The van der Waals surface area contributed by atoms with Gasteiger partial charge in [-0.15, -0.1) is 0 Å². The molecule has 2 aromatic carbocycles. The van der Waals surface area contributed by atoms with Crippen LogP contribution in [0, 0.1) is 0 Å². The number of fused-ring (bicyclic) bond motifs is 1. The zero-order valence-corrected chi connectivity index (χ0v) is 19.1. The molecule has 0 aliphatic rings. The molecule has 0 spiro atoms. The van der Waals surface area contributed by atoms with E-state index in [9.17, 15) is 0 Å². The lowest BCUT2D eigenvalue weighted by atomic mass is 10.2. The number of halogens is 2. The third kappa shape index (κ3) is 3.86. The van der Waals surface area contributed by atoms with Crippen molar-refractivity contribution < 1.29 is 9.47 Å². The van der Waals surface area contributed by atoms with Crippen molar-refractivity contribution in [3.63, 3.8) is 0 Å². The van der Waals surface area contributed by atoms with Crippen LogP contribution < -0.4 is 14.4 Å². The Hall–Kier alpha value is -3.03. The Kier molecular flexibility index (Phi) is 5.89. The fourth-order valence-corrected chi connectivity index (χ4v) is 4.14. The first-order chi connectivity index (χ1) is 15.0. The molecule has 9 heteroatoms. The third-order valence-electron chi connectivity index (χ3n) is 4.97. The molecule has 0 amide bonds. The Bertz CT molecular complexity index is 1230. The van der Waals surface area contributed by atoms with Crippen LogP contribution in [0.1, 0.15) is 6.92 Å². The minimum Gasteiger partial charge on any atom is -0.495 e. The molecule has 0 aliphatic carbocycles. The fraction of sp³-hybridized carbons (Fsp3) is 0.227. The van der Waals surface area contributed by atoms with Gasteiger partial charge in [-0.25, -0.2) is 4.98 Å². The maximum absolute atomic E-state index is 6.65. The topological polar surface area (TPSA) is 65.3 Å². The van der Waals surface area contributed by atoms with Gasteiger partial charge in [-0.1, -0.05) is 23.2 Å². The summed E-state index contributed by atoms with van der Waals surface area (Å²) in [5.41, 5.74) is 4.66. The second kappa shape index (κ2) is 8.61. The molecule has 2 aromatic heterocycles. The lowest BCUT2D eigenvalue weighted by Crippen LogP contribution is -2.17. The highest BCUT2D eigenvalue weighted by Gasteiger charge is 2.23. The molecule has 4 rings (SSSR count). The second-order valence-corrected chi connectivity index (χ2v) is 7.59. The van der Waals surface area contributed by atoms with Crippen LogP contribution in [-0.2, 0) is 7.05 Å². The minimum atomic E-state index is 0.408. The van der Waals surface area contributed by atoms with Gasteiger partial charge in [-0.05, 0) is 25.1 Å². The number of benzene rings is 2. The van der Waals surface area contributed by atoms with Crippen molar-refractivity contribution in [2.24, 2.45) is 7.05 Å². The van der Waals surface area contributed by atoms with Crippen molar-refractivity contribution in [1.82, 2.24) is 19.7 Å². The number of aryl methyl sites for hydroxylation is 1. The molecule has 2 heterocycles. The van der Waals surface area contributed by atoms with Gasteiger partial charge >= 0.3 is 0 Å². The van der Waals surface area contributed by atoms with Crippen LogP contribution in [0.25, 0.3) is 22.3 Å². The van der Waals surface area contributed by atoms with Crippen molar-refractivity contribution in [3.8, 4) is 22.8 Å². The Morgan fingerprint density at radius 3 is 2.29 bits per heavy atom. The Labute approximate surface area is 190 Å². The summed E-state index contributed by atoms with van der Waals surface area (Å²) >= 11 is 13.3. The zero-order chi connectivity index (χ0) is 22.1. The van der Waals surface area contributed by atoms with Gasteiger partial charge in [0.25, 0.3) is 0 Å². The second-order valence-electron chi connectivity index (χ2n) is 6.83. The summed E-state index contributed by atoms with van der Waals surface area (Å²) in [5.74, 6) is 0.964. The third-order valence-corrected chi connectivity index (χ3v) is 5.71. The molecule has 0 saturated heterocycles. The smallest absolute Gasteiger partial charge is 0.143 e. The van der Waals surface area contributed by atoms with E-state index >= 15 is 0 Å². The predicted octanol–water partition coefficient (Wildman–Crippen LogP) is 5.51. The summed E-state index contributed by atoms with van der Waals surface area (Å²) in [7, 11) is 4.98. The zero-order valence-electron chi connectivity index (χ0n) is 17.6. The number of ether oxygens (including phenoxy) is 2. The van der Waals surface area contributed by atoms with Crippen LogP contribution in [-0.4, -0.2) is 40.5 Å². The largest absolute Gasteiger partial charge is 0.495 e. The molecule has 0 atom stereocenters. The van der Waals surface area contributed by atoms with Crippen LogP contribution in [0.5, 0.6) is 11.5 Å². The van der Waals surface area contributed by atoms with E-state index in [0.29, 0.717) is 33.8 Å². The molecule has 0 saturated carbocycles. The van der Waals surface area contributed by atoms with E-state index in [4.69, 9.17) is 37.7 Å². The lowest BCUT2D eigenvalue weighted by molar-refractivity contribution is 0.395. The maximum Gasteiger partial charge on any atom is 0.143 e. The number of aromatic nitrogens is 4. The van der Waals surface area contributed by atoms with Crippen molar-refractivity contribution in [2.75, 3.05) is 25.7 Å². The van der Waals surface area contributed by atoms with Crippen molar-refractivity contribution >= 4 is 45.6 Å². The first-order valence-electron chi connectivity index (χ1n) is 9.60. The average Bonchev–Trinajstić information content (AvgIpc) is 3.22.